The fraction of sp³-hybridized carbons (Fsp3) is 0.263. The van der Waals surface area contributed by atoms with Gasteiger partial charge in [0.15, 0.2) is 27.9 Å². The van der Waals surface area contributed by atoms with Crippen molar-refractivity contribution >= 4 is 162 Å². The molecule has 0 bridgehead atoms. The molecule has 5 atom stereocenters. The van der Waals surface area contributed by atoms with Crippen LogP contribution in [0.3, 0.4) is 0 Å². The fourth-order valence-corrected chi connectivity index (χ4v) is 17.8. The molecule has 0 spiro atoms. The predicted molar refractivity (Wildman–Crippen MR) is 488 cm³/mol. The largest absolute Gasteiger partial charge is 0.435 e. The summed E-state index contributed by atoms with van der Waals surface area (Å²) in [5, 5.41) is 10.2. The van der Waals surface area contributed by atoms with Crippen molar-refractivity contribution in [3.63, 3.8) is 0 Å². The molecule has 5 unspecified atom stereocenters. The van der Waals surface area contributed by atoms with Crippen LogP contribution in [0, 0.1) is 34.6 Å². The first-order valence-corrected chi connectivity index (χ1v) is 40.3. The highest BCUT2D eigenvalue weighted by Crippen LogP contribution is 2.52. The van der Waals surface area contributed by atoms with E-state index in [1.807, 2.05) is 224 Å². The average Bonchev–Trinajstić information content (AvgIpc) is 1.57. The van der Waals surface area contributed by atoms with Crippen molar-refractivity contribution < 1.29 is 34.4 Å². The van der Waals surface area contributed by atoms with Gasteiger partial charge in [0, 0.05) is 162 Å². The lowest BCUT2D eigenvalue weighted by molar-refractivity contribution is 0.263. The Morgan fingerprint density at radius 3 is 0.916 bits per heavy atom. The normalized spacial score (nSPS) is 19.1. The molecule has 10 aromatic heterocycles. The molecule has 0 amide bonds. The van der Waals surface area contributed by atoms with Gasteiger partial charge in [0.1, 0.15) is 30.8 Å². The first kappa shape index (κ1) is 66.6. The number of rotatable bonds is 8. The van der Waals surface area contributed by atoms with Gasteiger partial charge >= 0.3 is 0 Å². The van der Waals surface area contributed by atoms with Crippen LogP contribution in [-0.4, -0.2) is 102 Å². The summed E-state index contributed by atoms with van der Waals surface area (Å²) in [6, 6.07) is 54.3. The quantitative estimate of drug-likeness (QED) is 0.141. The van der Waals surface area contributed by atoms with Crippen molar-refractivity contribution in [2.75, 3.05) is 48.3 Å². The summed E-state index contributed by atoms with van der Waals surface area (Å²) in [6.45, 7) is 27.5. The Bertz CT molecular complexity index is 6710. The van der Waals surface area contributed by atoms with Gasteiger partial charge in [0.05, 0.1) is 55.3 Å². The number of hydrogen-bond acceptors (Lipinski definition) is 20. The molecule has 0 saturated carbocycles. The lowest BCUT2D eigenvalue weighted by Crippen LogP contribution is -2.42. The van der Waals surface area contributed by atoms with Crippen molar-refractivity contribution in [1.82, 2.24) is 39.6 Å². The van der Waals surface area contributed by atoms with Crippen LogP contribution in [0.4, 0.5) is 51.2 Å². The Morgan fingerprint density at radius 2 is 0.597 bits per heavy atom. The molecule has 5 aliphatic heterocycles. The van der Waals surface area contributed by atoms with Crippen LogP contribution in [0.15, 0.2) is 260 Å². The molecule has 20 heteroatoms. The second-order valence-electron chi connectivity index (χ2n) is 31.6. The summed E-state index contributed by atoms with van der Waals surface area (Å²) in [7, 11) is 0. The molecule has 22 rings (SSSR count). The van der Waals surface area contributed by atoms with Gasteiger partial charge in [0.25, 0.3) is 0 Å². The topological polar surface area (TPSA) is 163 Å². The van der Waals surface area contributed by atoms with E-state index in [4.69, 9.17) is 34.4 Å². The zero-order chi connectivity index (χ0) is 90.4. The molecular weight excluding hydrogens is 1480 g/mol. The number of fused-ring (bicyclic) bond motifs is 17. The summed E-state index contributed by atoms with van der Waals surface area (Å²) in [6.07, 6.45) is 19.4. The minimum atomic E-state index is -2.25. The van der Waals surface area contributed by atoms with Crippen LogP contribution in [0.5, 0.6) is 0 Å². The highest BCUT2D eigenvalue weighted by atomic mass is 16.4. The lowest BCUT2D eigenvalue weighted by Gasteiger charge is -2.33. The Balaban J connectivity index is 0.000000108. The number of aryl methyl sites for hydroxylation is 5. The third kappa shape index (κ3) is 12.9. The first-order valence-electron chi connectivity index (χ1n) is 44.8. The Morgan fingerprint density at radius 1 is 0.294 bits per heavy atom. The van der Waals surface area contributed by atoms with Gasteiger partial charge < -0.3 is 71.1 Å². The number of nitrogens with zero attached hydrogens (tertiary/aromatic N) is 15. The minimum absolute atomic E-state index is 0.0182. The lowest BCUT2D eigenvalue weighted by atomic mass is 10.1. The van der Waals surface area contributed by atoms with E-state index in [2.05, 4.69) is 146 Å². The van der Waals surface area contributed by atoms with E-state index in [1.165, 1.54) is 9.80 Å². The fourth-order valence-electron chi connectivity index (χ4n) is 17.8. The molecule has 0 saturated heterocycles. The van der Waals surface area contributed by atoms with Crippen LogP contribution in [0.2, 0.25) is 0 Å². The third-order valence-electron chi connectivity index (χ3n) is 23.6. The van der Waals surface area contributed by atoms with E-state index >= 15 is 0 Å². The van der Waals surface area contributed by atoms with Gasteiger partial charge in [0.2, 0.25) is 28.6 Å². The number of anilines is 9. The molecule has 0 aliphatic carbocycles. The van der Waals surface area contributed by atoms with Crippen molar-refractivity contribution in [2.45, 2.75) is 160 Å². The molecule has 7 aromatic carbocycles. The second kappa shape index (κ2) is 30.5. The number of benzene rings is 7. The number of furan rings is 5. The van der Waals surface area contributed by atoms with Crippen LogP contribution in [-0.2, 0) is 0 Å². The summed E-state index contributed by atoms with van der Waals surface area (Å²) in [5.74, 6) is 0. The molecule has 0 radical (unpaired) electrons. The number of hydrogen-bond donors (Lipinski definition) is 0. The zero-order valence-electron chi connectivity index (χ0n) is 78.7. The standard InChI is InChI=1S/C23H23N3O.C21H19N3O.2C19H21N3O.C17H17N3O/c1-14(2)25-16(4)26(20-10-6-5-9-19(20)25)21-15(3)11-12-17-18-8-7-13-24-23(18)27-22(17)21;1-13-10-11-15-16-7-6-12-22-21(16)25-20(15)19(13)24-14(2)23(3)17-8-4-5-9-18(17)24;2*1-12(2)21-10-11-22(14(21)4)17-13(3)7-8-15-16-6-5-9-20-19(16)23-18(15)17;1-11-6-7-13-14-5-4-8-18-17(14)21-16(13)15(11)20-10-9-19(3)12(20)2/h5-14,16H,1-4H3;4-12,14H,1-3H3;2*5-12,14H,1-4H3;4-10,12H,1-3H3/i14D;3D3;2*12D;3D3. The van der Waals surface area contributed by atoms with Crippen LogP contribution in [0.25, 0.3) is 110 Å². The van der Waals surface area contributed by atoms with E-state index in [0.29, 0.717) is 34.3 Å². The van der Waals surface area contributed by atoms with E-state index < -0.39 is 38.2 Å². The Kier molecular flexibility index (Phi) is 17.1. The average molecular weight is 1590 g/mol. The van der Waals surface area contributed by atoms with Crippen LogP contribution >= 0.6 is 0 Å². The maximum absolute atomic E-state index is 8.71. The zero-order valence-corrected chi connectivity index (χ0v) is 69.7. The summed E-state index contributed by atoms with van der Waals surface area (Å²) >= 11 is 0. The van der Waals surface area contributed by atoms with Gasteiger partial charge in [-0.3, -0.25) is 0 Å². The second-order valence-corrected chi connectivity index (χ2v) is 31.6. The molecule has 0 N–H and O–H groups in total. The minimum Gasteiger partial charge on any atom is -0.435 e. The van der Waals surface area contributed by atoms with E-state index in [1.54, 1.807) is 43.4 Å². The smallest absolute Gasteiger partial charge is 0.227 e. The molecular formula is C99H101N15O5. The van der Waals surface area contributed by atoms with Gasteiger partial charge in [-0.1, -0.05) is 84.9 Å². The highest BCUT2D eigenvalue weighted by Gasteiger charge is 2.39. The summed E-state index contributed by atoms with van der Waals surface area (Å²) in [4.78, 5) is 41.5. The van der Waals surface area contributed by atoms with Gasteiger partial charge in [-0.05, 0) is 224 Å². The summed E-state index contributed by atoms with van der Waals surface area (Å²) in [5.41, 5.74) is 21.2. The van der Waals surface area contributed by atoms with E-state index in [9.17, 15) is 0 Å². The van der Waals surface area contributed by atoms with Gasteiger partial charge in [-0.2, -0.15) is 0 Å². The highest BCUT2D eigenvalue weighted by molar-refractivity contribution is 6.14. The van der Waals surface area contributed by atoms with Crippen LogP contribution < -0.4 is 34.3 Å². The molecule has 17 aromatic rings. The van der Waals surface area contributed by atoms with Gasteiger partial charge in [-0.15, -0.1) is 0 Å². The van der Waals surface area contributed by atoms with Crippen LogP contribution in [0.1, 0.15) is 116 Å². The first-order chi connectivity index (χ1) is 60.9. The number of para-hydroxylation sites is 4. The summed E-state index contributed by atoms with van der Waals surface area (Å²) < 4.78 is 103. The Hall–Kier alpha value is -13.5. The maximum Gasteiger partial charge on any atom is 0.227 e. The maximum atomic E-state index is 8.71. The number of aromatic nitrogens is 5. The molecule has 15 heterocycles. The van der Waals surface area contributed by atoms with Crippen molar-refractivity contribution in [3.05, 3.63) is 266 Å². The molecule has 0 fully saturated rings. The van der Waals surface area contributed by atoms with Crippen molar-refractivity contribution in [3.8, 4) is 0 Å². The SMILES string of the molecule is [2H]C(C)(C)N1C=CN(c2c(C)ccc3c2oc2ncccc23)C1C.[2H]C(C)(C)N1C=CN(c2c(C)ccc3c2oc2ncccc23)C1C.[2H]C(C)(C)N1c2ccccc2N(c2c(C)ccc3c2oc2ncccc23)C1C.[2H]C([2H])([2H])N1C=CN(c2c(C)ccc3c2oc2ncccc23)C1C.[2H]C([2H])([2H])N1c2ccccc2N(c2c(C)ccc3c2oc2ncccc23)C1C. The van der Waals surface area contributed by atoms with E-state index in [0.717, 1.165) is 155 Å². The van der Waals surface area contributed by atoms with Crippen molar-refractivity contribution in [1.29, 1.82) is 0 Å². The molecule has 5 aliphatic rings. The molecule has 602 valence electrons. The Labute approximate surface area is 706 Å². The monoisotopic (exact) mass is 1590 g/mol. The molecule has 119 heavy (non-hydrogen) atoms. The number of pyridine rings is 5. The molecule has 20 nitrogen and oxygen atoms in total. The predicted octanol–water partition coefficient (Wildman–Crippen LogP) is 24.4. The van der Waals surface area contributed by atoms with Crippen molar-refractivity contribution in [2.24, 2.45) is 0 Å². The van der Waals surface area contributed by atoms with E-state index in [-0.39, 0.29) is 24.7 Å². The van der Waals surface area contributed by atoms with Gasteiger partial charge in [-0.25, -0.2) is 24.9 Å². The third-order valence-corrected chi connectivity index (χ3v) is 23.6.